The third-order valence-corrected chi connectivity index (χ3v) is 3.73. The maximum absolute atomic E-state index is 14.0. The first-order valence-corrected chi connectivity index (χ1v) is 6.53. The second-order valence-corrected chi connectivity index (χ2v) is 5.04. The lowest BCUT2D eigenvalue weighted by Crippen LogP contribution is -2.13. The van der Waals surface area contributed by atoms with Crippen LogP contribution in [0.5, 0.6) is 0 Å². The molecule has 0 saturated heterocycles. The molecule has 0 aromatic heterocycles. The first-order valence-electron chi connectivity index (χ1n) is 5.71. The van der Waals surface area contributed by atoms with E-state index < -0.39 is 10.7 Å². The minimum Gasteiger partial charge on any atom is -0.409 e. The van der Waals surface area contributed by atoms with Gasteiger partial charge >= 0.3 is 0 Å². The summed E-state index contributed by atoms with van der Waals surface area (Å²) in [5.74, 6) is -0.821. The number of nitro groups is 1. The molecule has 0 unspecified atom stereocenters. The molecular formula is C13H10FN3O3S. The Kier molecular flexibility index (Phi) is 4.39. The zero-order valence-electron chi connectivity index (χ0n) is 10.6. The van der Waals surface area contributed by atoms with E-state index in [0.29, 0.717) is 4.90 Å². The average Bonchev–Trinajstić information content (AvgIpc) is 2.48. The standard InChI is InChI=1S/C13H10FN3O3S/c14-9-7-8(13(15)16-18)5-6-11(9)21-12-4-2-1-3-10(12)17(19)20/h1-7,18H,(H2,15,16). The van der Waals surface area contributed by atoms with Gasteiger partial charge in [-0.15, -0.1) is 0 Å². The van der Waals surface area contributed by atoms with E-state index in [4.69, 9.17) is 10.9 Å². The van der Waals surface area contributed by atoms with Crippen LogP contribution in [0.15, 0.2) is 57.4 Å². The minimum atomic E-state index is -0.609. The van der Waals surface area contributed by atoms with Crippen LogP contribution < -0.4 is 5.73 Å². The number of nitrogens with zero attached hydrogens (tertiary/aromatic N) is 2. The van der Waals surface area contributed by atoms with Gasteiger partial charge in [0.25, 0.3) is 5.69 Å². The van der Waals surface area contributed by atoms with E-state index >= 15 is 0 Å². The van der Waals surface area contributed by atoms with Gasteiger partial charge < -0.3 is 10.9 Å². The Hall–Kier alpha value is -2.61. The summed E-state index contributed by atoms with van der Waals surface area (Å²) >= 11 is 0.937. The van der Waals surface area contributed by atoms with Gasteiger partial charge in [-0.3, -0.25) is 10.1 Å². The number of hydrogen-bond donors (Lipinski definition) is 2. The predicted octanol–water partition coefficient (Wildman–Crippen LogP) is 2.98. The second kappa shape index (κ2) is 6.23. The highest BCUT2D eigenvalue weighted by atomic mass is 32.2. The van der Waals surface area contributed by atoms with Crippen molar-refractivity contribution in [3.63, 3.8) is 0 Å². The molecule has 0 aliphatic carbocycles. The maximum atomic E-state index is 14.0. The van der Waals surface area contributed by atoms with Gasteiger partial charge in [0, 0.05) is 16.5 Å². The van der Waals surface area contributed by atoms with E-state index in [2.05, 4.69) is 5.16 Å². The summed E-state index contributed by atoms with van der Waals surface area (Å²) in [5, 5.41) is 22.2. The molecule has 21 heavy (non-hydrogen) atoms. The fourth-order valence-corrected chi connectivity index (χ4v) is 2.54. The summed E-state index contributed by atoms with van der Waals surface area (Å²) in [5.41, 5.74) is 5.50. The van der Waals surface area contributed by atoms with Gasteiger partial charge in [-0.1, -0.05) is 29.1 Å². The Balaban J connectivity index is 2.35. The molecule has 0 spiro atoms. The molecule has 6 nitrogen and oxygen atoms in total. The van der Waals surface area contributed by atoms with E-state index in [1.165, 1.54) is 18.2 Å². The highest BCUT2D eigenvalue weighted by molar-refractivity contribution is 7.99. The van der Waals surface area contributed by atoms with Crippen LogP contribution >= 0.6 is 11.8 Å². The van der Waals surface area contributed by atoms with Crippen LogP contribution in [-0.2, 0) is 0 Å². The number of hydrogen-bond acceptors (Lipinski definition) is 5. The Labute approximate surface area is 123 Å². The number of oxime groups is 1. The largest absolute Gasteiger partial charge is 0.409 e. The highest BCUT2D eigenvalue weighted by Crippen LogP contribution is 2.35. The van der Waals surface area contributed by atoms with Gasteiger partial charge in [0.15, 0.2) is 5.84 Å². The zero-order chi connectivity index (χ0) is 15.4. The van der Waals surface area contributed by atoms with Gasteiger partial charge in [0.05, 0.1) is 9.82 Å². The van der Waals surface area contributed by atoms with Crippen molar-refractivity contribution in [2.75, 3.05) is 0 Å². The zero-order valence-corrected chi connectivity index (χ0v) is 11.4. The average molecular weight is 307 g/mol. The fourth-order valence-electron chi connectivity index (χ4n) is 1.61. The summed E-state index contributed by atoms with van der Waals surface area (Å²) in [4.78, 5) is 10.9. The number of benzene rings is 2. The quantitative estimate of drug-likeness (QED) is 0.297. The monoisotopic (exact) mass is 307 g/mol. The molecule has 0 aliphatic heterocycles. The van der Waals surface area contributed by atoms with Crippen molar-refractivity contribution in [2.24, 2.45) is 10.9 Å². The van der Waals surface area contributed by atoms with Crippen molar-refractivity contribution >= 4 is 23.3 Å². The lowest BCUT2D eigenvalue weighted by Gasteiger charge is -2.06. The van der Waals surface area contributed by atoms with Crippen molar-refractivity contribution in [3.8, 4) is 0 Å². The van der Waals surface area contributed by atoms with E-state index in [9.17, 15) is 14.5 Å². The molecule has 0 saturated carbocycles. The molecule has 2 aromatic carbocycles. The van der Waals surface area contributed by atoms with Gasteiger partial charge in [-0.05, 0) is 24.3 Å². The summed E-state index contributed by atoms with van der Waals surface area (Å²) in [6.45, 7) is 0. The number of nitrogens with two attached hydrogens (primary N) is 1. The molecule has 0 atom stereocenters. The molecule has 0 heterocycles. The van der Waals surface area contributed by atoms with E-state index in [0.717, 1.165) is 17.8 Å². The molecule has 0 amide bonds. The maximum Gasteiger partial charge on any atom is 0.283 e. The van der Waals surface area contributed by atoms with Crippen LogP contribution in [0.25, 0.3) is 0 Å². The molecule has 0 bridgehead atoms. The summed E-state index contributed by atoms with van der Waals surface area (Å²) < 4.78 is 14.0. The van der Waals surface area contributed by atoms with Gasteiger partial charge in [0.1, 0.15) is 5.82 Å². The van der Waals surface area contributed by atoms with E-state index in [1.54, 1.807) is 18.2 Å². The molecule has 3 N–H and O–H groups in total. The normalized spacial score (nSPS) is 11.4. The van der Waals surface area contributed by atoms with Crippen LogP contribution in [0.3, 0.4) is 0 Å². The number of amidine groups is 1. The van der Waals surface area contributed by atoms with Crippen LogP contribution in [0, 0.1) is 15.9 Å². The summed E-state index contributed by atoms with van der Waals surface area (Å²) in [6, 6.07) is 10.1. The van der Waals surface area contributed by atoms with Crippen LogP contribution in [0.2, 0.25) is 0 Å². The van der Waals surface area contributed by atoms with Crippen LogP contribution in [0.1, 0.15) is 5.56 Å². The molecule has 2 aromatic rings. The third kappa shape index (κ3) is 3.29. The number of nitro benzene ring substituents is 1. The second-order valence-electron chi connectivity index (χ2n) is 3.96. The summed E-state index contributed by atoms with van der Waals surface area (Å²) in [7, 11) is 0. The molecule has 108 valence electrons. The number of rotatable bonds is 4. The SMILES string of the molecule is N/C(=N\O)c1ccc(Sc2ccccc2[N+](=O)[O-])c(F)c1. The van der Waals surface area contributed by atoms with Crippen LogP contribution in [-0.4, -0.2) is 16.0 Å². The number of halogens is 1. The van der Waals surface area contributed by atoms with Crippen LogP contribution in [0.4, 0.5) is 10.1 Å². The topological polar surface area (TPSA) is 102 Å². The van der Waals surface area contributed by atoms with Crippen molar-refractivity contribution in [2.45, 2.75) is 9.79 Å². The minimum absolute atomic E-state index is 0.0950. The molecule has 0 aliphatic rings. The van der Waals surface area contributed by atoms with Gasteiger partial charge in [-0.25, -0.2) is 4.39 Å². The predicted molar refractivity (Wildman–Crippen MR) is 76.1 cm³/mol. The van der Waals surface area contributed by atoms with Crippen molar-refractivity contribution in [3.05, 3.63) is 64.0 Å². The summed E-state index contributed by atoms with van der Waals surface area (Å²) in [6.07, 6.45) is 0. The smallest absolute Gasteiger partial charge is 0.283 e. The van der Waals surface area contributed by atoms with Crippen molar-refractivity contribution in [1.82, 2.24) is 0 Å². The first kappa shape index (κ1) is 14.8. The van der Waals surface area contributed by atoms with Gasteiger partial charge in [-0.2, -0.15) is 0 Å². The lowest BCUT2D eigenvalue weighted by molar-refractivity contribution is -0.387. The van der Waals surface area contributed by atoms with Gasteiger partial charge in [0.2, 0.25) is 0 Å². The Morgan fingerprint density at radius 2 is 2.00 bits per heavy atom. The fraction of sp³-hybridized carbons (Fsp3) is 0. The molecule has 0 radical (unpaired) electrons. The first-order chi connectivity index (χ1) is 10.0. The Bertz CT molecular complexity index is 722. The Morgan fingerprint density at radius 3 is 2.62 bits per heavy atom. The van der Waals surface area contributed by atoms with E-state index in [-0.39, 0.29) is 22.0 Å². The molecule has 8 heteroatoms. The third-order valence-electron chi connectivity index (χ3n) is 2.62. The number of para-hydroxylation sites is 1. The lowest BCUT2D eigenvalue weighted by atomic mass is 10.2. The molecular weight excluding hydrogens is 297 g/mol. The molecule has 2 rings (SSSR count). The Morgan fingerprint density at radius 1 is 1.29 bits per heavy atom. The van der Waals surface area contributed by atoms with Crippen molar-refractivity contribution < 1.29 is 14.5 Å². The van der Waals surface area contributed by atoms with Crippen molar-refractivity contribution in [1.29, 1.82) is 0 Å². The highest BCUT2D eigenvalue weighted by Gasteiger charge is 2.16. The van der Waals surface area contributed by atoms with E-state index in [1.807, 2.05) is 0 Å². The molecule has 0 fully saturated rings.